The molecule has 0 radical (unpaired) electrons. The fraction of sp³-hybridized carbons (Fsp3) is 0.444. The number of amides is 1. The van der Waals surface area contributed by atoms with E-state index in [4.69, 9.17) is 0 Å². The second-order valence-electron chi connectivity index (χ2n) is 2.96. The minimum atomic E-state index is -0.0464. The van der Waals surface area contributed by atoms with Gasteiger partial charge in [-0.1, -0.05) is 0 Å². The van der Waals surface area contributed by atoms with Crippen LogP contribution in [0.15, 0.2) is 12.4 Å². The average molecular weight is 194 g/mol. The molecule has 0 aliphatic heterocycles. The van der Waals surface area contributed by atoms with Crippen molar-refractivity contribution in [2.75, 3.05) is 13.6 Å². The number of hydrogen-bond acceptors (Lipinski definition) is 4. The van der Waals surface area contributed by atoms with Gasteiger partial charge in [0, 0.05) is 6.20 Å². The number of hydrogen-bond donors (Lipinski definition) is 2. The fourth-order valence-electron chi connectivity index (χ4n) is 0.923. The van der Waals surface area contributed by atoms with Gasteiger partial charge in [-0.25, -0.2) is 0 Å². The van der Waals surface area contributed by atoms with E-state index in [2.05, 4.69) is 20.6 Å². The van der Waals surface area contributed by atoms with Crippen molar-refractivity contribution >= 4 is 5.91 Å². The monoisotopic (exact) mass is 194 g/mol. The van der Waals surface area contributed by atoms with Crippen LogP contribution in [0.4, 0.5) is 0 Å². The Morgan fingerprint density at radius 1 is 1.43 bits per heavy atom. The number of nitrogens with zero attached hydrogens (tertiary/aromatic N) is 2. The molecule has 0 bridgehead atoms. The summed E-state index contributed by atoms with van der Waals surface area (Å²) in [5.74, 6) is -0.0464. The molecule has 5 heteroatoms. The molecule has 0 saturated carbocycles. The molecule has 0 unspecified atom stereocenters. The number of aryl methyl sites for hydroxylation is 1. The van der Waals surface area contributed by atoms with Gasteiger partial charge in [0.2, 0.25) is 5.91 Å². The number of nitrogens with one attached hydrogen (secondary N) is 2. The third-order valence-electron chi connectivity index (χ3n) is 1.64. The van der Waals surface area contributed by atoms with Crippen LogP contribution < -0.4 is 10.6 Å². The predicted octanol–water partition coefficient (Wildman–Crippen LogP) is -0.379. The van der Waals surface area contributed by atoms with Gasteiger partial charge < -0.3 is 10.6 Å². The van der Waals surface area contributed by atoms with Crippen LogP contribution in [-0.2, 0) is 11.3 Å². The van der Waals surface area contributed by atoms with Crippen LogP contribution in [0.2, 0.25) is 0 Å². The average Bonchev–Trinajstić information content (AvgIpc) is 2.17. The quantitative estimate of drug-likeness (QED) is 0.685. The Balaban J connectivity index is 2.38. The molecule has 1 rings (SSSR count). The third-order valence-corrected chi connectivity index (χ3v) is 1.64. The first kappa shape index (κ1) is 10.6. The minimum absolute atomic E-state index is 0.0464. The molecule has 0 saturated heterocycles. The first-order valence-corrected chi connectivity index (χ1v) is 4.41. The summed E-state index contributed by atoms with van der Waals surface area (Å²) in [6.07, 6.45) is 3.34. The highest BCUT2D eigenvalue weighted by Crippen LogP contribution is 1.92. The van der Waals surface area contributed by atoms with Crippen molar-refractivity contribution in [3.63, 3.8) is 0 Å². The van der Waals surface area contributed by atoms with Crippen molar-refractivity contribution < 1.29 is 4.79 Å². The van der Waals surface area contributed by atoms with E-state index in [1.54, 1.807) is 19.4 Å². The Kier molecular flexibility index (Phi) is 4.00. The molecule has 0 aromatic carbocycles. The van der Waals surface area contributed by atoms with E-state index in [1.165, 1.54) is 0 Å². The van der Waals surface area contributed by atoms with Gasteiger partial charge in [-0.2, -0.15) is 0 Å². The van der Waals surface area contributed by atoms with Crippen LogP contribution in [0, 0.1) is 6.92 Å². The molecule has 0 aliphatic rings. The maximum absolute atomic E-state index is 11.1. The van der Waals surface area contributed by atoms with Crippen LogP contribution in [0.1, 0.15) is 11.4 Å². The summed E-state index contributed by atoms with van der Waals surface area (Å²) in [5.41, 5.74) is 1.63. The lowest BCUT2D eigenvalue weighted by Gasteiger charge is -2.03. The predicted molar refractivity (Wildman–Crippen MR) is 52.5 cm³/mol. The number of aromatic nitrogens is 2. The zero-order chi connectivity index (χ0) is 10.4. The molecule has 0 fully saturated rings. The highest BCUT2D eigenvalue weighted by molar-refractivity contribution is 5.77. The van der Waals surface area contributed by atoms with Gasteiger partial charge in [-0.3, -0.25) is 14.8 Å². The van der Waals surface area contributed by atoms with Crippen LogP contribution in [-0.4, -0.2) is 29.5 Å². The lowest BCUT2D eigenvalue weighted by atomic mass is 10.4. The number of likely N-dealkylation sites (N-methyl/N-ethyl adjacent to an activating group) is 1. The Hall–Kier alpha value is -1.49. The first-order chi connectivity index (χ1) is 6.72. The van der Waals surface area contributed by atoms with Crippen LogP contribution in [0.25, 0.3) is 0 Å². The third kappa shape index (κ3) is 3.49. The van der Waals surface area contributed by atoms with E-state index in [1.807, 2.05) is 6.92 Å². The van der Waals surface area contributed by atoms with E-state index in [0.29, 0.717) is 13.1 Å². The van der Waals surface area contributed by atoms with Gasteiger partial charge >= 0.3 is 0 Å². The highest BCUT2D eigenvalue weighted by atomic mass is 16.1. The summed E-state index contributed by atoms with van der Waals surface area (Å²) in [5, 5.41) is 5.48. The zero-order valence-electron chi connectivity index (χ0n) is 8.37. The van der Waals surface area contributed by atoms with Crippen LogP contribution >= 0.6 is 0 Å². The van der Waals surface area contributed by atoms with E-state index >= 15 is 0 Å². The lowest BCUT2D eigenvalue weighted by Crippen LogP contribution is -2.31. The molecule has 1 aromatic heterocycles. The Morgan fingerprint density at radius 2 is 2.21 bits per heavy atom. The molecule has 1 amide bonds. The summed E-state index contributed by atoms with van der Waals surface area (Å²) < 4.78 is 0. The number of rotatable bonds is 4. The Morgan fingerprint density at radius 3 is 2.79 bits per heavy atom. The molecule has 0 atom stereocenters. The Labute approximate surface area is 83.0 Å². The zero-order valence-corrected chi connectivity index (χ0v) is 8.37. The highest BCUT2D eigenvalue weighted by Gasteiger charge is 1.99. The summed E-state index contributed by atoms with van der Waals surface area (Å²) >= 11 is 0. The Bertz CT molecular complexity index is 296. The molecule has 0 spiro atoms. The van der Waals surface area contributed by atoms with Crippen LogP contribution in [0.3, 0.4) is 0 Å². The molecule has 14 heavy (non-hydrogen) atoms. The van der Waals surface area contributed by atoms with Crippen molar-refractivity contribution in [3.8, 4) is 0 Å². The molecule has 0 aliphatic carbocycles. The van der Waals surface area contributed by atoms with Gasteiger partial charge in [-0.05, 0) is 14.0 Å². The first-order valence-electron chi connectivity index (χ1n) is 4.41. The largest absolute Gasteiger partial charge is 0.349 e. The van der Waals surface area contributed by atoms with Crippen LogP contribution in [0.5, 0.6) is 0 Å². The van der Waals surface area contributed by atoms with Gasteiger partial charge in [0.15, 0.2) is 0 Å². The summed E-state index contributed by atoms with van der Waals surface area (Å²) in [6, 6.07) is 0. The topological polar surface area (TPSA) is 66.9 Å². The van der Waals surface area contributed by atoms with E-state index in [-0.39, 0.29) is 5.91 Å². The van der Waals surface area contributed by atoms with Gasteiger partial charge in [0.1, 0.15) is 0 Å². The van der Waals surface area contributed by atoms with Gasteiger partial charge in [0.25, 0.3) is 0 Å². The molecule has 2 N–H and O–H groups in total. The van der Waals surface area contributed by atoms with Crippen molar-refractivity contribution in [1.82, 2.24) is 20.6 Å². The maximum atomic E-state index is 11.1. The second-order valence-corrected chi connectivity index (χ2v) is 2.96. The molecule has 76 valence electrons. The SMILES string of the molecule is CNCC(=O)NCc1cnc(C)cn1. The van der Waals surface area contributed by atoms with Crippen molar-refractivity contribution in [3.05, 3.63) is 23.8 Å². The summed E-state index contributed by atoms with van der Waals surface area (Å²) in [7, 11) is 1.73. The van der Waals surface area contributed by atoms with E-state index < -0.39 is 0 Å². The fourth-order valence-corrected chi connectivity index (χ4v) is 0.923. The van der Waals surface area contributed by atoms with E-state index in [0.717, 1.165) is 11.4 Å². The molecular formula is C9H14N4O. The summed E-state index contributed by atoms with van der Waals surface area (Å²) in [4.78, 5) is 19.2. The maximum Gasteiger partial charge on any atom is 0.234 e. The minimum Gasteiger partial charge on any atom is -0.349 e. The van der Waals surface area contributed by atoms with Crippen molar-refractivity contribution in [1.29, 1.82) is 0 Å². The molecule has 1 heterocycles. The lowest BCUT2D eigenvalue weighted by molar-refractivity contribution is -0.120. The standard InChI is InChI=1S/C9H14N4O/c1-7-3-12-8(4-11-7)5-13-9(14)6-10-2/h3-4,10H,5-6H2,1-2H3,(H,13,14). The number of carbonyl (C=O) groups is 1. The second kappa shape index (κ2) is 5.29. The molecule has 5 nitrogen and oxygen atoms in total. The molecular weight excluding hydrogens is 180 g/mol. The smallest absolute Gasteiger partial charge is 0.234 e. The number of carbonyl (C=O) groups excluding carboxylic acids is 1. The van der Waals surface area contributed by atoms with Gasteiger partial charge in [0.05, 0.1) is 30.7 Å². The van der Waals surface area contributed by atoms with Crippen molar-refractivity contribution in [2.45, 2.75) is 13.5 Å². The normalized spacial score (nSPS) is 9.86. The van der Waals surface area contributed by atoms with Crippen molar-refractivity contribution in [2.24, 2.45) is 0 Å². The molecule has 1 aromatic rings. The van der Waals surface area contributed by atoms with Gasteiger partial charge in [-0.15, -0.1) is 0 Å². The van der Waals surface area contributed by atoms with E-state index in [9.17, 15) is 4.79 Å². The summed E-state index contributed by atoms with van der Waals surface area (Å²) in [6.45, 7) is 2.61.